The molecule has 0 fully saturated rings. The lowest BCUT2D eigenvalue weighted by molar-refractivity contribution is 0.591. The highest BCUT2D eigenvalue weighted by Gasteiger charge is 2.30. The number of hydrogen-bond acceptors (Lipinski definition) is 1. The Kier molecular flexibility index (Phi) is 8.02. The number of hydrogen-bond donors (Lipinski definition) is 0. The second-order valence-corrected chi connectivity index (χ2v) is 18.5. The Bertz CT molecular complexity index is 3440. The number of benzene rings is 7. The van der Waals surface area contributed by atoms with Gasteiger partial charge in [0, 0.05) is 59.1 Å². The van der Waals surface area contributed by atoms with Gasteiger partial charge >= 0.3 is 0 Å². The lowest BCUT2D eigenvalue weighted by atomic mass is 9.75. The Morgan fingerprint density at radius 1 is 0.590 bits per heavy atom. The molecule has 2 nitrogen and oxygen atoms in total. The van der Waals surface area contributed by atoms with E-state index in [9.17, 15) is 0 Å². The maximum absolute atomic E-state index is 2.68. The van der Waals surface area contributed by atoms with E-state index in [4.69, 9.17) is 0 Å². The second kappa shape index (κ2) is 13.9. The fourth-order valence-electron chi connectivity index (χ4n) is 11.3. The summed E-state index contributed by atoms with van der Waals surface area (Å²) in [5, 5.41) is 5.50. The molecule has 0 saturated heterocycles. The van der Waals surface area contributed by atoms with Crippen molar-refractivity contribution in [2.45, 2.75) is 50.5 Å². The predicted molar refractivity (Wildman–Crippen MR) is 259 cm³/mol. The lowest BCUT2D eigenvalue weighted by Gasteiger charge is -2.29. The minimum Gasteiger partial charge on any atom is -0.337 e. The van der Waals surface area contributed by atoms with Crippen LogP contribution in [0, 0.1) is 0 Å². The zero-order chi connectivity index (χ0) is 40.0. The van der Waals surface area contributed by atoms with Crippen molar-refractivity contribution in [1.29, 1.82) is 0 Å². The summed E-state index contributed by atoms with van der Waals surface area (Å²) < 4.78 is 7.89. The Hall–Kier alpha value is -6.68. The van der Waals surface area contributed by atoms with Crippen LogP contribution < -0.4 is 0 Å². The Balaban J connectivity index is 0.848. The molecule has 3 heterocycles. The molecule has 0 spiro atoms. The monoisotopic (exact) mass is 800 g/mol. The van der Waals surface area contributed by atoms with E-state index < -0.39 is 0 Å². The summed E-state index contributed by atoms with van der Waals surface area (Å²) in [6.45, 7) is 0. The Morgan fingerprint density at radius 2 is 1.36 bits per heavy atom. The summed E-state index contributed by atoms with van der Waals surface area (Å²) >= 11 is 1.91. The van der Waals surface area contributed by atoms with Gasteiger partial charge in [-0.1, -0.05) is 121 Å². The van der Waals surface area contributed by atoms with Crippen molar-refractivity contribution in [2.24, 2.45) is 0 Å². The van der Waals surface area contributed by atoms with E-state index in [1.165, 1.54) is 109 Å². The highest BCUT2D eigenvalue weighted by molar-refractivity contribution is 7.25. The van der Waals surface area contributed by atoms with Gasteiger partial charge in [0.1, 0.15) is 0 Å². The number of nitrogens with zero attached hydrogens (tertiary/aromatic N) is 2. The van der Waals surface area contributed by atoms with Crippen LogP contribution in [0.25, 0.3) is 76.5 Å². The van der Waals surface area contributed by atoms with E-state index >= 15 is 0 Å². The first-order chi connectivity index (χ1) is 30.2. The van der Waals surface area contributed by atoms with Gasteiger partial charge in [-0.2, -0.15) is 0 Å². The maximum Gasteiger partial charge on any atom is 0.0564 e. The van der Waals surface area contributed by atoms with E-state index in [0.717, 1.165) is 38.5 Å². The summed E-state index contributed by atoms with van der Waals surface area (Å²) in [6.07, 6.45) is 13.7. The highest BCUT2D eigenvalue weighted by atomic mass is 32.1. The van der Waals surface area contributed by atoms with Gasteiger partial charge in [-0.25, -0.2) is 0 Å². The SMILES string of the molecule is C1=CC(n2c3c(c4ccccc42)C=C(c2ccc4c(c2)-c2ccccc2CC4CCc2ccc4sc5ccccc5c4c2)CC3)Cc2c1n(-c1ccccc1)c1ccccc21. The molecule has 3 heteroatoms. The fourth-order valence-corrected chi connectivity index (χ4v) is 12.4. The highest BCUT2D eigenvalue weighted by Crippen LogP contribution is 2.46. The van der Waals surface area contributed by atoms with Crippen LogP contribution in [0.4, 0.5) is 0 Å². The van der Waals surface area contributed by atoms with Crippen LogP contribution in [0.5, 0.6) is 0 Å². The summed E-state index contributed by atoms with van der Waals surface area (Å²) in [6, 6.07) is 61.8. The Morgan fingerprint density at radius 3 is 2.28 bits per heavy atom. The lowest BCUT2D eigenvalue weighted by Crippen LogP contribution is -2.17. The molecule has 3 aliphatic rings. The number of thiophene rings is 1. The topological polar surface area (TPSA) is 9.86 Å². The molecule has 0 saturated carbocycles. The summed E-state index contributed by atoms with van der Waals surface area (Å²) in [5.74, 6) is 0.490. The van der Waals surface area contributed by atoms with Crippen molar-refractivity contribution in [1.82, 2.24) is 9.13 Å². The smallest absolute Gasteiger partial charge is 0.0564 e. The van der Waals surface area contributed by atoms with E-state index in [2.05, 4.69) is 191 Å². The molecule has 292 valence electrons. The first-order valence-corrected chi connectivity index (χ1v) is 22.9. The van der Waals surface area contributed by atoms with E-state index in [0.29, 0.717) is 5.92 Å². The average molecular weight is 801 g/mol. The van der Waals surface area contributed by atoms with Crippen LogP contribution in [-0.4, -0.2) is 9.13 Å². The van der Waals surface area contributed by atoms with E-state index in [1.807, 2.05) is 11.3 Å². The van der Waals surface area contributed by atoms with Gasteiger partial charge in [-0.05, 0) is 150 Å². The molecule has 3 aliphatic carbocycles. The molecule has 7 aromatic carbocycles. The zero-order valence-corrected chi connectivity index (χ0v) is 34.8. The molecule has 3 aromatic heterocycles. The van der Waals surface area contributed by atoms with E-state index in [-0.39, 0.29) is 6.04 Å². The van der Waals surface area contributed by atoms with Gasteiger partial charge in [0.05, 0.1) is 11.6 Å². The summed E-state index contributed by atoms with van der Waals surface area (Å²) in [5.41, 5.74) is 19.5. The third-order valence-electron chi connectivity index (χ3n) is 14.1. The van der Waals surface area contributed by atoms with Crippen LogP contribution in [0.1, 0.15) is 69.6 Å². The molecular formula is C58H44N2S. The predicted octanol–water partition coefficient (Wildman–Crippen LogP) is 15.2. The van der Waals surface area contributed by atoms with Gasteiger partial charge in [-0.3, -0.25) is 0 Å². The largest absolute Gasteiger partial charge is 0.337 e. The van der Waals surface area contributed by atoms with Gasteiger partial charge in [0.15, 0.2) is 0 Å². The average Bonchev–Trinajstić information content (AvgIpc) is 3.98. The van der Waals surface area contributed by atoms with Crippen LogP contribution in [0.3, 0.4) is 0 Å². The molecule has 0 N–H and O–H groups in total. The third-order valence-corrected chi connectivity index (χ3v) is 15.3. The minimum atomic E-state index is 0.245. The Labute approximate surface area is 360 Å². The molecule has 0 radical (unpaired) electrons. The van der Waals surface area contributed by atoms with Crippen molar-refractivity contribution in [3.05, 3.63) is 215 Å². The van der Waals surface area contributed by atoms with Gasteiger partial charge in [0.25, 0.3) is 0 Å². The molecule has 0 amide bonds. The molecule has 61 heavy (non-hydrogen) atoms. The minimum absolute atomic E-state index is 0.245. The van der Waals surface area contributed by atoms with Crippen LogP contribution in [0.15, 0.2) is 170 Å². The number of aryl methyl sites for hydroxylation is 1. The van der Waals surface area contributed by atoms with Crippen molar-refractivity contribution in [2.75, 3.05) is 0 Å². The number of fused-ring (bicyclic) bond motifs is 12. The fraction of sp³-hybridized carbons (Fsp3) is 0.138. The standard InChI is InChI=1S/C58H44N2S/c1-2-13-42(14-3-1)59-53-19-9-7-17-47(53)51-36-43(27-30-56(51)59)60-54-20-10-6-16-46(54)50-35-39(26-29-55(50)60)38-25-28-45-41(33-40-12-4-5-15-44(40)49(45)34-38)24-22-37-23-31-58-52(32-37)48-18-8-11-21-57(48)61-58/h1-21,23,25,27-28,30-32,34-35,41,43H,22,24,26,29,33,36H2. The van der Waals surface area contributed by atoms with Crippen LogP contribution >= 0.6 is 11.3 Å². The molecule has 10 aromatic rings. The summed E-state index contributed by atoms with van der Waals surface area (Å²) in [4.78, 5) is 0. The van der Waals surface area contributed by atoms with Gasteiger partial charge < -0.3 is 9.13 Å². The van der Waals surface area contributed by atoms with Crippen molar-refractivity contribution < 1.29 is 0 Å². The molecule has 2 unspecified atom stereocenters. The number of rotatable bonds is 6. The molecule has 2 atom stereocenters. The van der Waals surface area contributed by atoms with Crippen molar-refractivity contribution >= 4 is 71.0 Å². The zero-order valence-electron chi connectivity index (χ0n) is 34.0. The molecular weight excluding hydrogens is 757 g/mol. The van der Waals surface area contributed by atoms with Crippen molar-refractivity contribution in [3.8, 4) is 16.8 Å². The van der Waals surface area contributed by atoms with Gasteiger partial charge in [0.2, 0.25) is 0 Å². The first-order valence-electron chi connectivity index (χ1n) is 22.0. The number of aromatic nitrogens is 2. The van der Waals surface area contributed by atoms with Gasteiger partial charge in [-0.15, -0.1) is 11.3 Å². The first kappa shape index (κ1) is 35.1. The normalized spacial score (nSPS) is 16.8. The molecule has 13 rings (SSSR count). The molecule has 0 bridgehead atoms. The molecule has 0 aliphatic heterocycles. The summed E-state index contributed by atoms with van der Waals surface area (Å²) in [7, 11) is 0. The quantitative estimate of drug-likeness (QED) is 0.159. The number of allylic oxidation sites excluding steroid dienone is 2. The van der Waals surface area contributed by atoms with E-state index in [1.54, 1.807) is 0 Å². The third kappa shape index (κ3) is 5.60. The van der Waals surface area contributed by atoms with Crippen LogP contribution in [-0.2, 0) is 25.7 Å². The maximum atomic E-state index is 2.68. The second-order valence-electron chi connectivity index (χ2n) is 17.4. The number of para-hydroxylation sites is 3. The van der Waals surface area contributed by atoms with Crippen molar-refractivity contribution in [3.63, 3.8) is 0 Å². The van der Waals surface area contributed by atoms with Crippen LogP contribution in [0.2, 0.25) is 0 Å².